The molecule has 3 heterocycles. The van der Waals surface area contributed by atoms with Gasteiger partial charge in [0.25, 0.3) is 5.89 Å². The van der Waals surface area contributed by atoms with E-state index in [1.807, 2.05) is 18.2 Å². The van der Waals surface area contributed by atoms with E-state index in [0.29, 0.717) is 39.9 Å². The van der Waals surface area contributed by atoms with Gasteiger partial charge in [0.1, 0.15) is 18.8 Å². The third-order valence-electron chi connectivity index (χ3n) is 5.28. The summed E-state index contributed by atoms with van der Waals surface area (Å²) in [6, 6.07) is 7.25. The number of rotatable bonds is 8. The third kappa shape index (κ3) is 4.30. The number of aromatic nitrogens is 6. The molecule has 1 aromatic carbocycles. The molecule has 0 bridgehead atoms. The molecule has 1 fully saturated rings. The van der Waals surface area contributed by atoms with Gasteiger partial charge in [0.05, 0.1) is 29.6 Å². The van der Waals surface area contributed by atoms with Gasteiger partial charge in [0, 0.05) is 25.2 Å². The number of aliphatic hydroxyl groups excluding tert-OH is 1. The highest BCUT2D eigenvalue weighted by molar-refractivity contribution is 5.94. The number of hydrogen-bond acceptors (Lipinski definition) is 10. The number of anilines is 3. The number of amides is 1. The molecule has 1 aliphatic rings. The average Bonchev–Trinajstić information content (AvgIpc) is 3.44. The number of aryl methyl sites for hydroxylation is 1. The van der Waals surface area contributed by atoms with Crippen LogP contribution in [-0.2, 0) is 18.4 Å². The van der Waals surface area contributed by atoms with Crippen LogP contribution in [0, 0.1) is 5.92 Å². The molecule has 0 aliphatic heterocycles. The molecule has 4 aromatic rings. The number of ether oxygens (including phenoxy) is 1. The van der Waals surface area contributed by atoms with Crippen molar-refractivity contribution in [1.29, 1.82) is 0 Å². The van der Waals surface area contributed by atoms with Crippen molar-refractivity contribution in [2.24, 2.45) is 13.0 Å². The SMILES string of the molecule is COc1c(Nc2cc(NC(=O)C3CC3)ncc2-c2noc(CO)n2)cccc1-c1ncn(C)n1. The second-order valence-corrected chi connectivity index (χ2v) is 7.80. The van der Waals surface area contributed by atoms with E-state index in [9.17, 15) is 9.90 Å². The first-order valence-corrected chi connectivity index (χ1v) is 10.6. The Balaban J connectivity index is 1.55. The maximum atomic E-state index is 12.3. The molecule has 0 saturated heterocycles. The molecule has 0 radical (unpaired) electrons. The maximum absolute atomic E-state index is 12.3. The van der Waals surface area contributed by atoms with Crippen LogP contribution in [0.1, 0.15) is 18.7 Å². The number of hydrogen-bond donors (Lipinski definition) is 3. The predicted molar refractivity (Wildman–Crippen MR) is 121 cm³/mol. The fourth-order valence-corrected chi connectivity index (χ4v) is 3.45. The molecule has 3 N–H and O–H groups in total. The van der Waals surface area contributed by atoms with E-state index < -0.39 is 0 Å². The Morgan fingerprint density at radius 1 is 1.24 bits per heavy atom. The van der Waals surface area contributed by atoms with Crippen LogP contribution < -0.4 is 15.4 Å². The minimum absolute atomic E-state index is 0.0323. The smallest absolute Gasteiger partial charge is 0.252 e. The van der Waals surface area contributed by atoms with E-state index >= 15 is 0 Å². The van der Waals surface area contributed by atoms with E-state index in [0.717, 1.165) is 12.8 Å². The van der Waals surface area contributed by atoms with Crippen molar-refractivity contribution >= 4 is 23.1 Å². The van der Waals surface area contributed by atoms with Crippen LogP contribution >= 0.6 is 0 Å². The number of nitrogens with zero attached hydrogens (tertiary/aromatic N) is 6. The molecule has 3 aromatic heterocycles. The van der Waals surface area contributed by atoms with Crippen molar-refractivity contribution in [3.8, 4) is 28.5 Å². The average molecular weight is 462 g/mol. The molecule has 34 heavy (non-hydrogen) atoms. The van der Waals surface area contributed by atoms with Crippen LogP contribution in [0.15, 0.2) is 41.3 Å². The van der Waals surface area contributed by atoms with Gasteiger partial charge in [-0.05, 0) is 25.0 Å². The molecular weight excluding hydrogens is 440 g/mol. The van der Waals surface area contributed by atoms with Gasteiger partial charge in [-0.1, -0.05) is 11.2 Å². The summed E-state index contributed by atoms with van der Waals surface area (Å²) in [5.41, 5.74) is 2.39. The van der Waals surface area contributed by atoms with Crippen molar-refractivity contribution in [3.05, 3.63) is 42.7 Å². The summed E-state index contributed by atoms with van der Waals surface area (Å²) in [4.78, 5) is 25.1. The van der Waals surface area contributed by atoms with Gasteiger partial charge in [-0.15, -0.1) is 0 Å². The lowest BCUT2D eigenvalue weighted by molar-refractivity contribution is -0.117. The van der Waals surface area contributed by atoms with Crippen LogP contribution in [0.25, 0.3) is 22.8 Å². The minimum atomic E-state index is -0.383. The molecule has 1 saturated carbocycles. The molecule has 1 aliphatic carbocycles. The van der Waals surface area contributed by atoms with E-state index in [1.54, 1.807) is 31.2 Å². The first-order chi connectivity index (χ1) is 16.6. The Bertz CT molecular complexity index is 1340. The molecule has 12 heteroatoms. The van der Waals surface area contributed by atoms with E-state index in [2.05, 4.69) is 35.8 Å². The number of methoxy groups -OCH3 is 1. The lowest BCUT2D eigenvalue weighted by atomic mass is 10.1. The zero-order valence-electron chi connectivity index (χ0n) is 18.5. The van der Waals surface area contributed by atoms with E-state index in [-0.39, 0.29) is 30.1 Å². The fraction of sp³-hybridized carbons (Fsp3) is 0.273. The summed E-state index contributed by atoms with van der Waals surface area (Å²) in [6.07, 6.45) is 4.91. The number of nitrogens with one attached hydrogen (secondary N) is 2. The zero-order chi connectivity index (χ0) is 23.7. The van der Waals surface area contributed by atoms with Crippen molar-refractivity contribution < 1.29 is 19.2 Å². The summed E-state index contributed by atoms with van der Waals surface area (Å²) < 4.78 is 12.4. The number of pyridine rings is 1. The number of para-hydroxylation sites is 1. The van der Waals surface area contributed by atoms with E-state index in [1.165, 1.54) is 6.20 Å². The van der Waals surface area contributed by atoms with Gasteiger partial charge in [-0.25, -0.2) is 9.97 Å². The topological polar surface area (TPSA) is 153 Å². The van der Waals surface area contributed by atoms with Gasteiger partial charge in [0.2, 0.25) is 11.7 Å². The largest absolute Gasteiger partial charge is 0.494 e. The van der Waals surface area contributed by atoms with Crippen molar-refractivity contribution in [2.75, 3.05) is 17.7 Å². The van der Waals surface area contributed by atoms with Crippen LogP contribution in [0.5, 0.6) is 5.75 Å². The number of carbonyl (C=O) groups excluding carboxylic acids is 1. The monoisotopic (exact) mass is 462 g/mol. The molecule has 0 unspecified atom stereocenters. The Morgan fingerprint density at radius 3 is 2.76 bits per heavy atom. The summed E-state index contributed by atoms with van der Waals surface area (Å²) >= 11 is 0. The van der Waals surface area contributed by atoms with Gasteiger partial charge < -0.3 is 25.0 Å². The standard InChI is InChI=1S/C22H22N8O4/c1-30-11-24-20(28-30)13-4-3-5-15(19(13)33-2)25-16-8-17(26-22(32)12-6-7-12)23-9-14(16)21-27-18(10-31)34-29-21/h3-5,8-9,11-12,31H,6-7,10H2,1-2H3,(H2,23,25,26,32). The molecule has 12 nitrogen and oxygen atoms in total. The van der Waals surface area contributed by atoms with Crippen LogP contribution in [0.2, 0.25) is 0 Å². The number of benzene rings is 1. The Kier molecular flexibility index (Phi) is 5.64. The highest BCUT2D eigenvalue weighted by Crippen LogP contribution is 2.39. The molecular formula is C22H22N8O4. The second-order valence-electron chi connectivity index (χ2n) is 7.80. The number of carbonyl (C=O) groups is 1. The summed E-state index contributed by atoms with van der Waals surface area (Å²) in [5, 5.41) is 23.8. The molecule has 174 valence electrons. The van der Waals surface area contributed by atoms with Crippen LogP contribution in [0.4, 0.5) is 17.2 Å². The van der Waals surface area contributed by atoms with Gasteiger partial charge in [0.15, 0.2) is 11.6 Å². The molecule has 1 amide bonds. The van der Waals surface area contributed by atoms with Gasteiger partial charge >= 0.3 is 0 Å². The van der Waals surface area contributed by atoms with Crippen molar-refractivity contribution in [3.63, 3.8) is 0 Å². The molecule has 0 spiro atoms. The lowest BCUT2D eigenvalue weighted by Crippen LogP contribution is -2.14. The number of aliphatic hydroxyl groups is 1. The van der Waals surface area contributed by atoms with Crippen LogP contribution in [0.3, 0.4) is 0 Å². The molecule has 0 atom stereocenters. The van der Waals surface area contributed by atoms with Crippen molar-refractivity contribution in [2.45, 2.75) is 19.4 Å². The van der Waals surface area contributed by atoms with Gasteiger partial charge in [-0.3, -0.25) is 9.48 Å². The second kappa shape index (κ2) is 8.90. The highest BCUT2D eigenvalue weighted by atomic mass is 16.5. The zero-order valence-corrected chi connectivity index (χ0v) is 18.5. The quantitative estimate of drug-likeness (QED) is 0.356. The van der Waals surface area contributed by atoms with Crippen molar-refractivity contribution in [1.82, 2.24) is 29.9 Å². The first kappa shape index (κ1) is 21.5. The van der Waals surface area contributed by atoms with Crippen LogP contribution in [-0.4, -0.2) is 48.0 Å². The Morgan fingerprint density at radius 2 is 2.09 bits per heavy atom. The Labute approximate surface area is 194 Å². The van der Waals surface area contributed by atoms with Gasteiger partial charge in [-0.2, -0.15) is 10.1 Å². The third-order valence-corrected chi connectivity index (χ3v) is 5.28. The lowest BCUT2D eigenvalue weighted by Gasteiger charge is -2.16. The summed E-state index contributed by atoms with van der Waals surface area (Å²) in [5.74, 6) is 1.72. The normalized spacial score (nSPS) is 13.0. The Hall–Kier alpha value is -4.32. The van der Waals surface area contributed by atoms with E-state index in [4.69, 9.17) is 9.26 Å². The fourth-order valence-electron chi connectivity index (χ4n) is 3.45. The maximum Gasteiger partial charge on any atom is 0.252 e. The summed E-state index contributed by atoms with van der Waals surface area (Å²) in [6.45, 7) is -0.383. The minimum Gasteiger partial charge on any atom is -0.494 e. The highest BCUT2D eigenvalue weighted by Gasteiger charge is 2.30. The predicted octanol–water partition coefficient (Wildman–Crippen LogP) is 2.52. The molecule has 5 rings (SSSR count). The first-order valence-electron chi connectivity index (χ1n) is 10.6. The summed E-state index contributed by atoms with van der Waals surface area (Å²) in [7, 11) is 3.35.